The first kappa shape index (κ1) is 16.5. The highest BCUT2D eigenvalue weighted by molar-refractivity contribution is 5.93. The second-order valence-electron chi connectivity index (χ2n) is 5.22. The molecule has 1 heterocycles. The first-order chi connectivity index (χ1) is 11.0. The van der Waals surface area contributed by atoms with Crippen molar-refractivity contribution in [1.82, 2.24) is 10.6 Å². The first-order valence-electron chi connectivity index (χ1n) is 7.20. The van der Waals surface area contributed by atoms with E-state index in [1.807, 2.05) is 0 Å². The standard InChI is InChI=1S/C16H17N3O4/c1-23-16(22)13(8-10-4-2-3-5-11(10)9-17)19-15(21)12-6-7-14(20)18-12/h2-5,12-13H,6-8H2,1H3,(H,18,20)(H,19,21)/t12-,13+/m1/s1. The van der Waals surface area contributed by atoms with E-state index in [0.29, 0.717) is 17.5 Å². The maximum Gasteiger partial charge on any atom is 0.328 e. The van der Waals surface area contributed by atoms with E-state index in [4.69, 9.17) is 10.00 Å². The number of hydrogen-bond donors (Lipinski definition) is 2. The third-order valence-electron chi connectivity index (χ3n) is 3.68. The third-order valence-corrected chi connectivity index (χ3v) is 3.68. The van der Waals surface area contributed by atoms with Crippen LogP contribution in [-0.4, -0.2) is 37.0 Å². The van der Waals surface area contributed by atoms with Gasteiger partial charge in [0, 0.05) is 12.8 Å². The Hall–Kier alpha value is -2.88. The summed E-state index contributed by atoms with van der Waals surface area (Å²) >= 11 is 0. The fraction of sp³-hybridized carbons (Fsp3) is 0.375. The van der Waals surface area contributed by atoms with Crippen molar-refractivity contribution in [3.05, 3.63) is 35.4 Å². The molecule has 0 radical (unpaired) electrons. The van der Waals surface area contributed by atoms with E-state index in [1.165, 1.54) is 7.11 Å². The van der Waals surface area contributed by atoms with Crippen LogP contribution in [0.3, 0.4) is 0 Å². The molecule has 2 rings (SSSR count). The lowest BCUT2D eigenvalue weighted by molar-refractivity contribution is -0.145. The Bertz CT molecular complexity index is 666. The maximum atomic E-state index is 12.2. The Morgan fingerprint density at radius 1 is 1.48 bits per heavy atom. The van der Waals surface area contributed by atoms with Crippen molar-refractivity contribution in [3.8, 4) is 6.07 Å². The zero-order chi connectivity index (χ0) is 16.8. The van der Waals surface area contributed by atoms with E-state index in [1.54, 1.807) is 24.3 Å². The number of hydrogen-bond acceptors (Lipinski definition) is 5. The summed E-state index contributed by atoms with van der Waals surface area (Å²) in [5.41, 5.74) is 1.07. The molecule has 0 aliphatic carbocycles. The highest BCUT2D eigenvalue weighted by Gasteiger charge is 2.31. The van der Waals surface area contributed by atoms with Crippen LogP contribution in [0.25, 0.3) is 0 Å². The van der Waals surface area contributed by atoms with Crippen molar-refractivity contribution in [2.75, 3.05) is 7.11 Å². The molecule has 2 amide bonds. The van der Waals surface area contributed by atoms with Crippen LogP contribution >= 0.6 is 0 Å². The fourth-order valence-electron chi connectivity index (χ4n) is 2.45. The monoisotopic (exact) mass is 315 g/mol. The fourth-order valence-corrected chi connectivity index (χ4v) is 2.45. The number of esters is 1. The zero-order valence-corrected chi connectivity index (χ0v) is 12.7. The second-order valence-corrected chi connectivity index (χ2v) is 5.22. The predicted molar refractivity (Wildman–Crippen MR) is 80.0 cm³/mol. The average Bonchev–Trinajstić information content (AvgIpc) is 3.00. The van der Waals surface area contributed by atoms with Gasteiger partial charge in [-0.3, -0.25) is 9.59 Å². The second kappa shape index (κ2) is 7.40. The van der Waals surface area contributed by atoms with Gasteiger partial charge in [-0.05, 0) is 18.1 Å². The summed E-state index contributed by atoms with van der Waals surface area (Å²) in [5, 5.41) is 14.2. The van der Waals surface area contributed by atoms with Gasteiger partial charge in [-0.25, -0.2) is 4.79 Å². The van der Waals surface area contributed by atoms with E-state index < -0.39 is 24.0 Å². The van der Waals surface area contributed by atoms with Crippen LogP contribution in [0.15, 0.2) is 24.3 Å². The van der Waals surface area contributed by atoms with Gasteiger partial charge >= 0.3 is 5.97 Å². The molecular weight excluding hydrogens is 298 g/mol. The lowest BCUT2D eigenvalue weighted by Crippen LogP contribution is -2.50. The van der Waals surface area contributed by atoms with E-state index in [-0.39, 0.29) is 18.7 Å². The van der Waals surface area contributed by atoms with Crippen LogP contribution in [0.5, 0.6) is 0 Å². The lowest BCUT2D eigenvalue weighted by atomic mass is 10.0. The molecule has 1 saturated heterocycles. The summed E-state index contributed by atoms with van der Waals surface area (Å²) in [6.07, 6.45) is 0.828. The molecule has 2 N–H and O–H groups in total. The maximum absolute atomic E-state index is 12.2. The molecule has 0 bridgehead atoms. The Morgan fingerprint density at radius 3 is 2.83 bits per heavy atom. The topological polar surface area (TPSA) is 108 Å². The van der Waals surface area contributed by atoms with Crippen molar-refractivity contribution in [2.45, 2.75) is 31.3 Å². The number of carbonyl (C=O) groups is 3. The molecule has 1 aliphatic rings. The largest absolute Gasteiger partial charge is 0.467 e. The Labute approximate surface area is 133 Å². The molecule has 23 heavy (non-hydrogen) atoms. The molecule has 0 saturated carbocycles. The van der Waals surface area contributed by atoms with Crippen molar-refractivity contribution >= 4 is 17.8 Å². The lowest BCUT2D eigenvalue weighted by Gasteiger charge is -2.19. The van der Waals surface area contributed by atoms with Crippen LogP contribution < -0.4 is 10.6 Å². The van der Waals surface area contributed by atoms with E-state index >= 15 is 0 Å². The predicted octanol–water partition coefficient (Wildman–Crippen LogP) is 0.0372. The molecule has 7 heteroatoms. The van der Waals surface area contributed by atoms with Gasteiger partial charge in [0.05, 0.1) is 18.7 Å². The minimum absolute atomic E-state index is 0.142. The van der Waals surface area contributed by atoms with Gasteiger partial charge in [-0.1, -0.05) is 18.2 Å². The number of nitrogens with one attached hydrogen (secondary N) is 2. The molecule has 1 aromatic carbocycles. The van der Waals surface area contributed by atoms with Crippen molar-refractivity contribution in [1.29, 1.82) is 5.26 Å². The summed E-state index contributed by atoms with van der Waals surface area (Å²) in [6.45, 7) is 0. The number of methoxy groups -OCH3 is 1. The van der Waals surface area contributed by atoms with Gasteiger partial charge in [0.15, 0.2) is 0 Å². The normalized spacial score (nSPS) is 17.7. The number of benzene rings is 1. The minimum Gasteiger partial charge on any atom is -0.467 e. The van der Waals surface area contributed by atoms with Crippen LogP contribution in [0.4, 0.5) is 0 Å². The van der Waals surface area contributed by atoms with Gasteiger partial charge in [0.1, 0.15) is 12.1 Å². The van der Waals surface area contributed by atoms with Crippen LogP contribution in [0.1, 0.15) is 24.0 Å². The number of amides is 2. The van der Waals surface area contributed by atoms with E-state index in [0.717, 1.165) is 0 Å². The Balaban J connectivity index is 2.11. The smallest absolute Gasteiger partial charge is 0.328 e. The highest BCUT2D eigenvalue weighted by atomic mass is 16.5. The van der Waals surface area contributed by atoms with Crippen LogP contribution in [0, 0.1) is 11.3 Å². The quantitative estimate of drug-likeness (QED) is 0.746. The van der Waals surface area contributed by atoms with Gasteiger partial charge in [-0.15, -0.1) is 0 Å². The molecule has 1 fully saturated rings. The molecule has 120 valence electrons. The van der Waals surface area contributed by atoms with Gasteiger partial charge in [0.25, 0.3) is 0 Å². The summed E-state index contributed by atoms with van der Waals surface area (Å²) in [6, 6.07) is 7.33. The molecule has 1 aliphatic heterocycles. The van der Waals surface area contributed by atoms with Gasteiger partial charge in [0.2, 0.25) is 11.8 Å². The molecule has 0 aromatic heterocycles. The third kappa shape index (κ3) is 4.07. The van der Waals surface area contributed by atoms with Crippen molar-refractivity contribution < 1.29 is 19.1 Å². The number of ether oxygens (including phenoxy) is 1. The Morgan fingerprint density at radius 2 is 2.22 bits per heavy atom. The van der Waals surface area contributed by atoms with Crippen molar-refractivity contribution in [2.24, 2.45) is 0 Å². The number of carbonyl (C=O) groups excluding carboxylic acids is 3. The van der Waals surface area contributed by atoms with Gasteiger partial charge < -0.3 is 15.4 Å². The molecule has 0 unspecified atom stereocenters. The molecule has 2 atom stereocenters. The SMILES string of the molecule is COC(=O)[C@H](Cc1ccccc1C#N)NC(=O)[C@H]1CCC(=O)N1. The number of nitriles is 1. The van der Waals surface area contributed by atoms with Crippen LogP contribution in [0.2, 0.25) is 0 Å². The first-order valence-corrected chi connectivity index (χ1v) is 7.20. The summed E-state index contributed by atoms with van der Waals surface area (Å²) < 4.78 is 4.72. The van der Waals surface area contributed by atoms with Gasteiger partial charge in [-0.2, -0.15) is 5.26 Å². The highest BCUT2D eigenvalue weighted by Crippen LogP contribution is 2.12. The summed E-state index contributed by atoms with van der Waals surface area (Å²) in [7, 11) is 1.23. The minimum atomic E-state index is -0.917. The molecule has 7 nitrogen and oxygen atoms in total. The van der Waals surface area contributed by atoms with Crippen molar-refractivity contribution in [3.63, 3.8) is 0 Å². The number of nitrogens with zero attached hydrogens (tertiary/aromatic N) is 1. The number of rotatable bonds is 5. The molecule has 1 aromatic rings. The van der Waals surface area contributed by atoms with Crippen LogP contribution in [-0.2, 0) is 25.5 Å². The summed E-state index contributed by atoms with van der Waals surface area (Å²) in [4.78, 5) is 35.3. The summed E-state index contributed by atoms with van der Waals surface area (Å²) in [5.74, 6) is -1.22. The van der Waals surface area contributed by atoms with E-state index in [2.05, 4.69) is 16.7 Å². The molecule has 0 spiro atoms. The average molecular weight is 315 g/mol. The van der Waals surface area contributed by atoms with E-state index in [9.17, 15) is 14.4 Å². The molecular formula is C16H17N3O4. The Kier molecular flexibility index (Phi) is 5.31. The zero-order valence-electron chi connectivity index (χ0n) is 12.7.